The number of rotatable bonds is 10. The smallest absolute Gasteiger partial charge is 0.131 e. The maximum Gasteiger partial charge on any atom is 0.131 e. The molecule has 2 N–H and O–H groups in total. The first-order valence-electron chi connectivity index (χ1n) is 5.38. The van der Waals surface area contributed by atoms with Crippen molar-refractivity contribution in [2.45, 2.75) is 32.9 Å². The minimum absolute atomic E-state index is 0.0434. The summed E-state index contributed by atoms with van der Waals surface area (Å²) < 4.78 is 10.6. The molecule has 0 aliphatic rings. The van der Waals surface area contributed by atoms with Crippen LogP contribution in [0.4, 0.5) is 0 Å². The molecular weight excluding hydrogens is 182 g/mol. The molecule has 0 fully saturated rings. The predicted molar refractivity (Wildman–Crippen MR) is 56.2 cm³/mol. The molecule has 4 nitrogen and oxygen atoms in total. The molecule has 0 aliphatic heterocycles. The van der Waals surface area contributed by atoms with Gasteiger partial charge in [-0.25, -0.2) is 0 Å². The van der Waals surface area contributed by atoms with Crippen molar-refractivity contribution in [3.05, 3.63) is 0 Å². The van der Waals surface area contributed by atoms with Gasteiger partial charge in [0.1, 0.15) is 6.23 Å². The van der Waals surface area contributed by atoms with E-state index in [-0.39, 0.29) is 12.8 Å². The Balaban J connectivity index is 3.44. The van der Waals surface area contributed by atoms with Gasteiger partial charge in [0.05, 0.1) is 19.8 Å². The molecule has 0 bridgehead atoms. The van der Waals surface area contributed by atoms with Gasteiger partial charge in [0.2, 0.25) is 0 Å². The lowest BCUT2D eigenvalue weighted by Crippen LogP contribution is -2.37. The maximum absolute atomic E-state index is 8.54. The normalized spacial score (nSPS) is 13.1. The summed E-state index contributed by atoms with van der Waals surface area (Å²) in [4.78, 5) is 0. The minimum Gasteiger partial charge on any atom is -0.394 e. The maximum atomic E-state index is 8.54. The largest absolute Gasteiger partial charge is 0.394 e. The van der Waals surface area contributed by atoms with Gasteiger partial charge in [-0.05, 0) is 19.9 Å². The molecular formula is C10H23NO3. The second-order valence-corrected chi connectivity index (χ2v) is 3.05. The Hall–Kier alpha value is -0.160. The molecule has 1 atom stereocenters. The number of hydrogen-bond donors (Lipinski definition) is 2. The highest BCUT2D eigenvalue weighted by Gasteiger charge is 2.06. The Kier molecular flexibility index (Phi) is 10.8. The van der Waals surface area contributed by atoms with Crippen LogP contribution in [0.25, 0.3) is 0 Å². The van der Waals surface area contributed by atoms with Gasteiger partial charge < -0.3 is 14.6 Å². The van der Waals surface area contributed by atoms with Crippen LogP contribution < -0.4 is 5.32 Å². The summed E-state index contributed by atoms with van der Waals surface area (Å²) >= 11 is 0. The predicted octanol–water partition coefficient (Wildman–Crippen LogP) is 0.748. The SMILES string of the molecule is CCCCNC(COCCO)OCC. The van der Waals surface area contributed by atoms with Crippen molar-refractivity contribution in [2.24, 2.45) is 0 Å². The van der Waals surface area contributed by atoms with Crippen LogP contribution in [0.2, 0.25) is 0 Å². The summed E-state index contributed by atoms with van der Waals surface area (Å²) in [6.45, 7) is 6.67. The van der Waals surface area contributed by atoms with Crippen LogP contribution >= 0.6 is 0 Å². The van der Waals surface area contributed by atoms with Gasteiger partial charge in [-0.3, -0.25) is 5.32 Å². The van der Waals surface area contributed by atoms with Crippen molar-refractivity contribution in [3.8, 4) is 0 Å². The number of aliphatic hydroxyl groups is 1. The highest BCUT2D eigenvalue weighted by molar-refractivity contribution is 4.54. The topological polar surface area (TPSA) is 50.7 Å². The second-order valence-electron chi connectivity index (χ2n) is 3.05. The average Bonchev–Trinajstić information content (AvgIpc) is 2.18. The molecule has 0 amide bonds. The Morgan fingerprint density at radius 1 is 1.36 bits per heavy atom. The van der Waals surface area contributed by atoms with E-state index in [2.05, 4.69) is 12.2 Å². The molecule has 0 spiro atoms. The standard InChI is InChI=1S/C10H23NO3/c1-3-5-6-11-10(14-4-2)9-13-8-7-12/h10-12H,3-9H2,1-2H3. The van der Waals surface area contributed by atoms with E-state index in [9.17, 15) is 0 Å². The van der Waals surface area contributed by atoms with E-state index in [0.29, 0.717) is 19.8 Å². The zero-order valence-corrected chi connectivity index (χ0v) is 9.29. The summed E-state index contributed by atoms with van der Waals surface area (Å²) in [5.41, 5.74) is 0. The van der Waals surface area contributed by atoms with Crippen molar-refractivity contribution in [1.82, 2.24) is 5.32 Å². The van der Waals surface area contributed by atoms with E-state index in [4.69, 9.17) is 14.6 Å². The molecule has 0 rings (SSSR count). The van der Waals surface area contributed by atoms with E-state index in [1.807, 2.05) is 6.92 Å². The molecule has 86 valence electrons. The molecule has 1 unspecified atom stereocenters. The Labute approximate surface area is 86.6 Å². The highest BCUT2D eigenvalue weighted by atomic mass is 16.5. The third-order valence-electron chi connectivity index (χ3n) is 1.78. The highest BCUT2D eigenvalue weighted by Crippen LogP contribution is 1.91. The van der Waals surface area contributed by atoms with Crippen LogP contribution in [0.3, 0.4) is 0 Å². The Morgan fingerprint density at radius 2 is 2.14 bits per heavy atom. The van der Waals surface area contributed by atoms with E-state index in [0.717, 1.165) is 13.0 Å². The van der Waals surface area contributed by atoms with Crippen molar-refractivity contribution in [2.75, 3.05) is 33.0 Å². The molecule has 0 aliphatic carbocycles. The average molecular weight is 205 g/mol. The van der Waals surface area contributed by atoms with Gasteiger partial charge in [0.25, 0.3) is 0 Å². The summed E-state index contributed by atoms with van der Waals surface area (Å²) in [7, 11) is 0. The molecule has 0 heterocycles. The molecule has 0 radical (unpaired) electrons. The lowest BCUT2D eigenvalue weighted by atomic mass is 10.3. The zero-order chi connectivity index (χ0) is 10.6. The Bertz CT molecular complexity index is 102. The molecule has 0 aromatic rings. The van der Waals surface area contributed by atoms with Crippen LogP contribution in [-0.4, -0.2) is 44.3 Å². The minimum atomic E-state index is -0.0434. The van der Waals surface area contributed by atoms with Gasteiger partial charge >= 0.3 is 0 Å². The van der Waals surface area contributed by atoms with E-state index < -0.39 is 0 Å². The monoisotopic (exact) mass is 205 g/mol. The van der Waals surface area contributed by atoms with Crippen LogP contribution in [0.5, 0.6) is 0 Å². The molecule has 4 heteroatoms. The van der Waals surface area contributed by atoms with Gasteiger partial charge in [0.15, 0.2) is 0 Å². The fourth-order valence-corrected chi connectivity index (χ4v) is 1.06. The van der Waals surface area contributed by atoms with Crippen molar-refractivity contribution in [3.63, 3.8) is 0 Å². The fourth-order valence-electron chi connectivity index (χ4n) is 1.06. The molecule has 0 saturated carbocycles. The number of aliphatic hydroxyl groups excluding tert-OH is 1. The summed E-state index contributed by atoms with van der Waals surface area (Å²) in [5, 5.41) is 11.8. The van der Waals surface area contributed by atoms with Crippen molar-refractivity contribution < 1.29 is 14.6 Å². The van der Waals surface area contributed by atoms with E-state index in [1.54, 1.807) is 0 Å². The lowest BCUT2D eigenvalue weighted by Gasteiger charge is -2.18. The number of unbranched alkanes of at least 4 members (excludes halogenated alkanes) is 1. The van der Waals surface area contributed by atoms with Gasteiger partial charge in [-0.15, -0.1) is 0 Å². The summed E-state index contributed by atoms with van der Waals surface area (Å²) in [6.07, 6.45) is 2.27. The third kappa shape index (κ3) is 8.44. The number of ether oxygens (including phenoxy) is 2. The van der Waals surface area contributed by atoms with Crippen LogP contribution in [0.15, 0.2) is 0 Å². The van der Waals surface area contributed by atoms with Gasteiger partial charge in [-0.2, -0.15) is 0 Å². The molecule has 0 saturated heterocycles. The lowest BCUT2D eigenvalue weighted by molar-refractivity contribution is -0.0353. The third-order valence-corrected chi connectivity index (χ3v) is 1.78. The van der Waals surface area contributed by atoms with Crippen LogP contribution in [-0.2, 0) is 9.47 Å². The second kappa shape index (κ2) is 10.9. The molecule has 14 heavy (non-hydrogen) atoms. The Morgan fingerprint density at radius 3 is 2.71 bits per heavy atom. The number of nitrogens with one attached hydrogen (secondary N) is 1. The van der Waals surface area contributed by atoms with Gasteiger partial charge in [-0.1, -0.05) is 13.3 Å². The first-order valence-corrected chi connectivity index (χ1v) is 5.38. The van der Waals surface area contributed by atoms with E-state index in [1.165, 1.54) is 6.42 Å². The van der Waals surface area contributed by atoms with Crippen molar-refractivity contribution >= 4 is 0 Å². The molecule has 0 aromatic carbocycles. The number of hydrogen-bond acceptors (Lipinski definition) is 4. The zero-order valence-electron chi connectivity index (χ0n) is 9.29. The van der Waals surface area contributed by atoms with Gasteiger partial charge in [0, 0.05) is 6.61 Å². The van der Waals surface area contributed by atoms with Crippen LogP contribution in [0, 0.1) is 0 Å². The summed E-state index contributed by atoms with van der Waals surface area (Å²) in [6, 6.07) is 0. The first-order chi connectivity index (χ1) is 6.85. The van der Waals surface area contributed by atoms with Crippen LogP contribution in [0.1, 0.15) is 26.7 Å². The van der Waals surface area contributed by atoms with Crippen molar-refractivity contribution in [1.29, 1.82) is 0 Å². The van der Waals surface area contributed by atoms with E-state index >= 15 is 0 Å². The quantitative estimate of drug-likeness (QED) is 0.408. The first kappa shape index (κ1) is 13.8. The summed E-state index contributed by atoms with van der Waals surface area (Å²) in [5.74, 6) is 0. The fraction of sp³-hybridized carbons (Fsp3) is 1.00. The molecule has 0 aromatic heterocycles.